The van der Waals surface area contributed by atoms with Crippen molar-refractivity contribution in [2.75, 3.05) is 5.32 Å². The average molecular weight is 449 g/mol. The molecule has 162 valence electrons. The van der Waals surface area contributed by atoms with E-state index in [0.717, 1.165) is 16.7 Å². The Morgan fingerprint density at radius 1 is 1.03 bits per heavy atom. The summed E-state index contributed by atoms with van der Waals surface area (Å²) in [5.74, 6) is -1.62. The third-order valence-electron chi connectivity index (χ3n) is 5.47. The van der Waals surface area contributed by atoms with Gasteiger partial charge in [0.05, 0.1) is 16.8 Å². The van der Waals surface area contributed by atoms with Gasteiger partial charge >= 0.3 is 5.97 Å². The Hall–Kier alpha value is -3.64. The molecular formula is C25H21ClN2O4. The monoisotopic (exact) mass is 448 g/mol. The molecule has 0 radical (unpaired) electrons. The minimum atomic E-state index is -1.02. The SMILES string of the molecule is Cc1cccc(CC2C(=O)Nc3cc(Cl)ccc3C(=O)N2Cc2ccc(C(=O)O)cc2)c1. The van der Waals surface area contributed by atoms with Crippen LogP contribution >= 0.6 is 11.6 Å². The molecule has 1 unspecified atom stereocenters. The molecule has 6 nitrogen and oxygen atoms in total. The molecule has 7 heteroatoms. The zero-order valence-electron chi connectivity index (χ0n) is 17.3. The number of carboxylic acid groups (broad SMARTS) is 1. The predicted octanol–water partition coefficient (Wildman–Crippen LogP) is 4.55. The number of carbonyl (C=O) groups excluding carboxylic acids is 2. The van der Waals surface area contributed by atoms with E-state index < -0.39 is 12.0 Å². The number of amides is 2. The Balaban J connectivity index is 1.73. The summed E-state index contributed by atoms with van der Waals surface area (Å²) in [5, 5.41) is 12.4. The first-order valence-corrected chi connectivity index (χ1v) is 10.5. The molecule has 0 bridgehead atoms. The molecule has 32 heavy (non-hydrogen) atoms. The number of benzene rings is 3. The Morgan fingerprint density at radius 2 is 1.78 bits per heavy atom. The summed E-state index contributed by atoms with van der Waals surface area (Å²) in [5.41, 5.74) is 3.62. The van der Waals surface area contributed by atoms with Crippen LogP contribution in [0.1, 0.15) is 37.4 Å². The second-order valence-corrected chi connectivity index (χ2v) is 8.26. The first-order valence-electron chi connectivity index (χ1n) is 10.1. The van der Waals surface area contributed by atoms with Gasteiger partial charge in [0, 0.05) is 18.0 Å². The number of nitrogens with zero attached hydrogens (tertiary/aromatic N) is 1. The molecule has 3 aromatic rings. The number of aromatic carboxylic acids is 1. The van der Waals surface area contributed by atoms with Crippen LogP contribution in [0.3, 0.4) is 0 Å². The summed E-state index contributed by atoms with van der Waals surface area (Å²) in [6.45, 7) is 2.13. The number of hydrogen-bond donors (Lipinski definition) is 2. The minimum absolute atomic E-state index is 0.157. The minimum Gasteiger partial charge on any atom is -0.478 e. The molecule has 3 aromatic carbocycles. The molecular weight excluding hydrogens is 428 g/mol. The largest absolute Gasteiger partial charge is 0.478 e. The molecule has 4 rings (SSSR count). The lowest BCUT2D eigenvalue weighted by Crippen LogP contribution is -2.46. The van der Waals surface area contributed by atoms with Crippen LogP contribution in [-0.2, 0) is 17.8 Å². The molecule has 2 amide bonds. The van der Waals surface area contributed by atoms with Gasteiger partial charge in [-0.3, -0.25) is 9.59 Å². The summed E-state index contributed by atoms with van der Waals surface area (Å²) < 4.78 is 0. The van der Waals surface area contributed by atoms with Crippen molar-refractivity contribution < 1.29 is 19.5 Å². The zero-order valence-corrected chi connectivity index (χ0v) is 18.1. The number of carbonyl (C=O) groups is 3. The zero-order chi connectivity index (χ0) is 22.8. The molecule has 1 heterocycles. The van der Waals surface area contributed by atoms with Crippen LogP contribution in [0, 0.1) is 6.92 Å². The summed E-state index contributed by atoms with van der Waals surface area (Å²) in [6, 6.07) is 18.2. The molecule has 0 aromatic heterocycles. The number of aryl methyl sites for hydroxylation is 1. The fourth-order valence-corrected chi connectivity index (χ4v) is 4.03. The normalized spacial score (nSPS) is 15.7. The van der Waals surface area contributed by atoms with Gasteiger partial charge in [0.25, 0.3) is 5.91 Å². The van der Waals surface area contributed by atoms with Crippen LogP contribution in [-0.4, -0.2) is 33.8 Å². The van der Waals surface area contributed by atoms with Crippen molar-refractivity contribution in [3.63, 3.8) is 0 Å². The van der Waals surface area contributed by atoms with E-state index in [0.29, 0.717) is 22.7 Å². The highest BCUT2D eigenvalue weighted by atomic mass is 35.5. The van der Waals surface area contributed by atoms with E-state index in [4.69, 9.17) is 16.7 Å². The van der Waals surface area contributed by atoms with Gasteiger partial charge in [-0.2, -0.15) is 0 Å². The Kier molecular flexibility index (Phi) is 5.97. The van der Waals surface area contributed by atoms with E-state index in [9.17, 15) is 14.4 Å². The topological polar surface area (TPSA) is 86.7 Å². The van der Waals surface area contributed by atoms with Gasteiger partial charge in [0.1, 0.15) is 6.04 Å². The van der Waals surface area contributed by atoms with E-state index in [1.165, 1.54) is 17.0 Å². The van der Waals surface area contributed by atoms with E-state index in [1.807, 2.05) is 31.2 Å². The molecule has 1 atom stereocenters. The highest BCUT2D eigenvalue weighted by molar-refractivity contribution is 6.31. The lowest BCUT2D eigenvalue weighted by Gasteiger charge is -2.29. The van der Waals surface area contributed by atoms with Crippen molar-refractivity contribution in [2.24, 2.45) is 0 Å². The Labute approximate surface area is 190 Å². The van der Waals surface area contributed by atoms with Crippen molar-refractivity contribution >= 4 is 35.1 Å². The lowest BCUT2D eigenvalue weighted by molar-refractivity contribution is -0.120. The van der Waals surface area contributed by atoms with Gasteiger partial charge in [0.2, 0.25) is 5.91 Å². The van der Waals surface area contributed by atoms with Crippen molar-refractivity contribution in [3.8, 4) is 0 Å². The number of nitrogens with one attached hydrogen (secondary N) is 1. The molecule has 1 aliphatic rings. The average Bonchev–Trinajstić information content (AvgIpc) is 2.84. The number of halogens is 1. The molecule has 0 aliphatic carbocycles. The van der Waals surface area contributed by atoms with Crippen molar-refractivity contribution in [1.29, 1.82) is 0 Å². The number of carboxylic acids is 1. The first-order chi connectivity index (χ1) is 15.3. The van der Waals surface area contributed by atoms with Crippen LogP contribution < -0.4 is 5.32 Å². The number of hydrogen-bond acceptors (Lipinski definition) is 3. The number of rotatable bonds is 5. The summed E-state index contributed by atoms with van der Waals surface area (Å²) >= 11 is 6.09. The molecule has 0 fully saturated rings. The maximum atomic E-state index is 13.5. The van der Waals surface area contributed by atoms with E-state index in [1.54, 1.807) is 30.3 Å². The standard InChI is InChI=1S/C25H21ClN2O4/c1-15-3-2-4-17(11-15)12-22-23(29)27-21-13-19(26)9-10-20(21)24(30)28(22)14-16-5-7-18(8-6-16)25(31)32/h2-11,13,22H,12,14H2,1H3,(H,27,29)(H,31,32). The summed E-state index contributed by atoms with van der Waals surface area (Å²) in [6.07, 6.45) is 0.341. The van der Waals surface area contributed by atoms with Crippen LogP contribution in [0.5, 0.6) is 0 Å². The number of anilines is 1. The molecule has 0 saturated heterocycles. The lowest BCUT2D eigenvalue weighted by atomic mass is 10.0. The fourth-order valence-electron chi connectivity index (χ4n) is 3.86. The van der Waals surface area contributed by atoms with Gasteiger partial charge in [-0.15, -0.1) is 0 Å². The van der Waals surface area contributed by atoms with E-state index in [2.05, 4.69) is 5.32 Å². The van der Waals surface area contributed by atoms with Gasteiger partial charge in [0.15, 0.2) is 0 Å². The fraction of sp³-hybridized carbons (Fsp3) is 0.160. The molecule has 1 aliphatic heterocycles. The third kappa shape index (κ3) is 4.50. The van der Waals surface area contributed by atoms with E-state index >= 15 is 0 Å². The van der Waals surface area contributed by atoms with E-state index in [-0.39, 0.29) is 23.9 Å². The maximum absolute atomic E-state index is 13.5. The second-order valence-electron chi connectivity index (χ2n) is 7.82. The van der Waals surface area contributed by atoms with Crippen LogP contribution in [0.4, 0.5) is 5.69 Å². The molecule has 0 saturated carbocycles. The van der Waals surface area contributed by atoms with Gasteiger partial charge < -0.3 is 15.3 Å². The molecule has 0 spiro atoms. The van der Waals surface area contributed by atoms with Gasteiger partial charge in [-0.05, 0) is 48.4 Å². The first kappa shape index (κ1) is 21.6. The smallest absolute Gasteiger partial charge is 0.335 e. The van der Waals surface area contributed by atoms with Crippen LogP contribution in [0.25, 0.3) is 0 Å². The molecule has 2 N–H and O–H groups in total. The predicted molar refractivity (Wildman–Crippen MR) is 122 cm³/mol. The third-order valence-corrected chi connectivity index (χ3v) is 5.71. The van der Waals surface area contributed by atoms with Crippen molar-refractivity contribution in [3.05, 3.63) is 99.6 Å². The number of fused-ring (bicyclic) bond motifs is 1. The van der Waals surface area contributed by atoms with Crippen LogP contribution in [0.15, 0.2) is 66.7 Å². The second kappa shape index (κ2) is 8.85. The van der Waals surface area contributed by atoms with Gasteiger partial charge in [-0.25, -0.2) is 4.79 Å². The summed E-state index contributed by atoms with van der Waals surface area (Å²) in [4.78, 5) is 39.5. The Morgan fingerprint density at radius 3 is 2.47 bits per heavy atom. The highest BCUT2D eigenvalue weighted by Crippen LogP contribution is 2.29. The summed E-state index contributed by atoms with van der Waals surface area (Å²) in [7, 11) is 0. The van der Waals surface area contributed by atoms with Crippen LogP contribution in [0.2, 0.25) is 5.02 Å². The van der Waals surface area contributed by atoms with Crippen molar-refractivity contribution in [2.45, 2.75) is 25.9 Å². The van der Waals surface area contributed by atoms with Crippen molar-refractivity contribution in [1.82, 2.24) is 4.90 Å². The van der Waals surface area contributed by atoms with Gasteiger partial charge in [-0.1, -0.05) is 53.6 Å². The quantitative estimate of drug-likeness (QED) is 0.599. The highest BCUT2D eigenvalue weighted by Gasteiger charge is 2.35. The maximum Gasteiger partial charge on any atom is 0.335 e. The Bertz CT molecular complexity index is 1210.